The van der Waals surface area contributed by atoms with Gasteiger partial charge in [0.05, 0.1) is 23.5 Å². The van der Waals surface area contributed by atoms with Crippen LogP contribution < -0.4 is 0 Å². The lowest BCUT2D eigenvalue weighted by atomic mass is 10.1. The predicted molar refractivity (Wildman–Crippen MR) is 147 cm³/mol. The molecule has 1 aliphatic rings. The number of carbonyl (C=O) groups excluding carboxylic acids is 1. The highest BCUT2D eigenvalue weighted by molar-refractivity contribution is 8.08. The van der Waals surface area contributed by atoms with Crippen molar-refractivity contribution in [1.29, 1.82) is 5.26 Å². The molecule has 38 heavy (non-hydrogen) atoms. The van der Waals surface area contributed by atoms with Crippen molar-refractivity contribution in [2.24, 2.45) is 5.10 Å². The first-order valence-corrected chi connectivity index (χ1v) is 13.6. The second-order valence-electron chi connectivity index (χ2n) is 9.96. The number of nitrogens with zero attached hydrogens (tertiary/aromatic N) is 7. The number of pyridine rings is 1. The Labute approximate surface area is 228 Å². The Balaban J connectivity index is 1.94. The number of nitriles is 1. The minimum Gasteiger partial charge on any atom is -0.444 e. The molecule has 204 valence electrons. The number of ether oxygens (including phenoxy) is 1. The number of hydrazone groups is 1. The molecular formula is C27H36FN7O2S. The fourth-order valence-electron chi connectivity index (χ4n) is 4.30. The van der Waals surface area contributed by atoms with E-state index in [1.54, 1.807) is 15.8 Å². The van der Waals surface area contributed by atoms with Gasteiger partial charge in [0, 0.05) is 36.5 Å². The molecule has 2 aromatic heterocycles. The van der Waals surface area contributed by atoms with Crippen molar-refractivity contribution in [2.45, 2.75) is 83.6 Å². The highest BCUT2D eigenvalue weighted by Gasteiger charge is 2.34. The molecule has 1 amide bonds. The Morgan fingerprint density at radius 3 is 2.87 bits per heavy atom. The van der Waals surface area contributed by atoms with E-state index in [1.165, 1.54) is 36.3 Å². The van der Waals surface area contributed by atoms with Crippen molar-refractivity contribution >= 4 is 29.0 Å². The van der Waals surface area contributed by atoms with E-state index >= 15 is 0 Å². The molecule has 0 radical (unpaired) electrons. The van der Waals surface area contributed by atoms with E-state index in [-0.39, 0.29) is 24.1 Å². The maximum Gasteiger partial charge on any atom is 0.410 e. The summed E-state index contributed by atoms with van der Waals surface area (Å²) >= 11 is 1.29. The molecule has 11 heteroatoms. The third kappa shape index (κ3) is 7.34. The molecule has 2 aromatic rings. The van der Waals surface area contributed by atoms with Gasteiger partial charge in [-0.3, -0.25) is 5.01 Å². The smallest absolute Gasteiger partial charge is 0.410 e. The third-order valence-electron chi connectivity index (χ3n) is 5.86. The maximum absolute atomic E-state index is 13.9. The number of halogens is 1. The number of thioether (sulfide) groups is 1. The molecule has 3 rings (SSSR count). The maximum atomic E-state index is 13.9. The Morgan fingerprint density at radius 1 is 1.47 bits per heavy atom. The van der Waals surface area contributed by atoms with Gasteiger partial charge in [-0.2, -0.15) is 15.5 Å². The number of piperidine rings is 1. The third-order valence-corrected chi connectivity index (χ3v) is 6.87. The van der Waals surface area contributed by atoms with Crippen LogP contribution in [0.3, 0.4) is 0 Å². The summed E-state index contributed by atoms with van der Waals surface area (Å²) in [7, 11) is 0. The van der Waals surface area contributed by atoms with E-state index in [4.69, 9.17) is 4.74 Å². The van der Waals surface area contributed by atoms with Crippen LogP contribution in [0.5, 0.6) is 0 Å². The van der Waals surface area contributed by atoms with Crippen LogP contribution in [-0.2, 0) is 4.74 Å². The largest absolute Gasteiger partial charge is 0.444 e. The first-order chi connectivity index (χ1) is 18.1. The minimum atomic E-state index is -0.577. The van der Waals surface area contributed by atoms with Crippen LogP contribution in [0.4, 0.5) is 9.18 Å². The summed E-state index contributed by atoms with van der Waals surface area (Å²) in [4.78, 5) is 19.5. The van der Waals surface area contributed by atoms with E-state index in [0.29, 0.717) is 35.8 Å². The second-order valence-corrected chi connectivity index (χ2v) is 11.0. The molecule has 3 heterocycles. The highest BCUT2D eigenvalue weighted by atomic mass is 32.2. The van der Waals surface area contributed by atoms with Gasteiger partial charge < -0.3 is 9.64 Å². The summed E-state index contributed by atoms with van der Waals surface area (Å²) in [5, 5.41) is 21.6. The van der Waals surface area contributed by atoms with Crippen molar-refractivity contribution in [3.05, 3.63) is 47.7 Å². The highest BCUT2D eigenvalue weighted by Crippen LogP contribution is 2.37. The first-order valence-electron chi connectivity index (χ1n) is 12.8. The van der Waals surface area contributed by atoms with E-state index < -0.39 is 5.60 Å². The van der Waals surface area contributed by atoms with Crippen LogP contribution in [0.1, 0.15) is 78.2 Å². The van der Waals surface area contributed by atoms with Gasteiger partial charge in [-0.15, -0.1) is 0 Å². The van der Waals surface area contributed by atoms with Gasteiger partial charge >= 0.3 is 6.09 Å². The Kier molecular flexibility index (Phi) is 9.91. The van der Waals surface area contributed by atoms with Crippen molar-refractivity contribution in [2.75, 3.05) is 13.1 Å². The Bertz CT molecular complexity index is 1210. The van der Waals surface area contributed by atoms with Crippen molar-refractivity contribution < 1.29 is 13.9 Å². The van der Waals surface area contributed by atoms with Gasteiger partial charge in [-0.05, 0) is 59.9 Å². The molecule has 2 atom stereocenters. The van der Waals surface area contributed by atoms with E-state index in [1.807, 2.05) is 52.6 Å². The molecule has 1 fully saturated rings. The molecule has 0 aromatic carbocycles. The summed E-state index contributed by atoms with van der Waals surface area (Å²) in [6.45, 7) is 12.4. The van der Waals surface area contributed by atoms with Gasteiger partial charge in [0.2, 0.25) is 0 Å². The molecule has 0 aliphatic carbocycles. The summed E-state index contributed by atoms with van der Waals surface area (Å²) < 4.78 is 21.2. The van der Waals surface area contributed by atoms with Crippen LogP contribution >= 0.6 is 11.8 Å². The van der Waals surface area contributed by atoms with Crippen molar-refractivity contribution in [1.82, 2.24) is 24.7 Å². The normalized spacial score (nSPS) is 17.4. The fraction of sp³-hybridized carbons (Fsp3) is 0.519. The lowest BCUT2D eigenvalue weighted by molar-refractivity contribution is 0.000294. The molecule has 1 saturated heterocycles. The van der Waals surface area contributed by atoms with Crippen LogP contribution in [0, 0.1) is 17.1 Å². The van der Waals surface area contributed by atoms with Gasteiger partial charge in [0.15, 0.2) is 0 Å². The number of rotatable bonds is 8. The van der Waals surface area contributed by atoms with Crippen LogP contribution in [-0.4, -0.2) is 61.7 Å². The quantitative estimate of drug-likeness (QED) is 0.228. The molecule has 0 spiro atoms. The Hall–Kier alpha value is -3.39. The summed E-state index contributed by atoms with van der Waals surface area (Å²) in [5.74, 6) is -0.379. The Morgan fingerprint density at radius 2 is 2.24 bits per heavy atom. The molecular weight excluding hydrogens is 505 g/mol. The van der Waals surface area contributed by atoms with E-state index in [0.717, 1.165) is 17.7 Å². The molecule has 0 saturated carbocycles. The zero-order chi connectivity index (χ0) is 27.9. The summed E-state index contributed by atoms with van der Waals surface area (Å²) in [6, 6.07) is 4.82. The fourth-order valence-corrected chi connectivity index (χ4v) is 5.36. The molecule has 1 aliphatic heterocycles. The number of carbonyl (C=O) groups is 1. The van der Waals surface area contributed by atoms with Crippen molar-refractivity contribution in [3.63, 3.8) is 0 Å². The van der Waals surface area contributed by atoms with E-state index in [2.05, 4.69) is 21.3 Å². The minimum absolute atomic E-state index is 0.0822. The molecule has 0 N–H and O–H groups in total. The van der Waals surface area contributed by atoms with Gasteiger partial charge in [0.25, 0.3) is 0 Å². The SMILES string of the molecule is C/C=N\N(C(C)n1ncc(C#N)c1/C(=C\CC)Sc1cc(F)ccn1)[C@H]1CCCN(C(=O)OC(C)(C)C)C1. The molecule has 1 unspecified atom stereocenters. The summed E-state index contributed by atoms with van der Waals surface area (Å²) in [6.07, 6.45) is 8.28. The van der Waals surface area contributed by atoms with Gasteiger partial charge in [-0.1, -0.05) is 24.8 Å². The lowest BCUT2D eigenvalue weighted by Crippen LogP contribution is -2.50. The van der Waals surface area contributed by atoms with E-state index in [9.17, 15) is 14.4 Å². The first kappa shape index (κ1) is 29.2. The van der Waals surface area contributed by atoms with Gasteiger partial charge in [0.1, 0.15) is 28.7 Å². The number of amides is 1. The van der Waals surface area contributed by atoms with Crippen LogP contribution in [0.2, 0.25) is 0 Å². The molecule has 9 nitrogen and oxygen atoms in total. The second kappa shape index (κ2) is 12.9. The number of likely N-dealkylation sites (tertiary alicyclic amines) is 1. The predicted octanol–water partition coefficient (Wildman–Crippen LogP) is 6.06. The summed E-state index contributed by atoms with van der Waals surface area (Å²) in [5.41, 5.74) is 0.445. The van der Waals surface area contributed by atoms with Crippen molar-refractivity contribution in [3.8, 4) is 6.07 Å². The number of allylic oxidation sites excluding steroid dienone is 1. The van der Waals surface area contributed by atoms with Gasteiger partial charge in [-0.25, -0.2) is 18.9 Å². The number of aromatic nitrogens is 3. The monoisotopic (exact) mass is 541 g/mol. The van der Waals surface area contributed by atoms with Crippen LogP contribution in [0.25, 0.3) is 4.91 Å². The zero-order valence-corrected chi connectivity index (χ0v) is 23.7. The standard InChI is InChI=1S/C27H36FN7O2S/c1-7-10-23(38-24-15-21(28)12-13-30-24)25-20(16-29)17-32-35(25)19(3)34(31-8-2)22-11-9-14-33(18-22)26(36)37-27(4,5)6/h8,10,12-13,15,17,19,22H,7,9,11,14,18H2,1-6H3/b23-10+,31-8-/t19?,22-/m0/s1. The number of hydrogen-bond donors (Lipinski definition) is 0. The zero-order valence-electron chi connectivity index (χ0n) is 22.9. The average Bonchev–Trinajstić information content (AvgIpc) is 3.30. The topological polar surface area (TPSA) is 99.6 Å². The average molecular weight is 542 g/mol. The van der Waals surface area contributed by atoms with Crippen LogP contribution in [0.15, 0.2) is 40.7 Å². The number of hydrogen-bond acceptors (Lipinski definition) is 8. The lowest BCUT2D eigenvalue weighted by Gasteiger charge is -2.41. The molecule has 0 bridgehead atoms.